The molecule has 3 aliphatic heterocycles. The van der Waals surface area contributed by atoms with Gasteiger partial charge in [-0.1, -0.05) is 32.6 Å². The zero-order valence-corrected chi connectivity index (χ0v) is 35.7. The van der Waals surface area contributed by atoms with Crippen molar-refractivity contribution >= 4 is 11.0 Å². The van der Waals surface area contributed by atoms with Crippen molar-refractivity contribution in [3.63, 3.8) is 0 Å². The van der Waals surface area contributed by atoms with Crippen molar-refractivity contribution in [1.82, 2.24) is 0 Å². The van der Waals surface area contributed by atoms with Gasteiger partial charge in [0.15, 0.2) is 30.4 Å². The summed E-state index contributed by atoms with van der Waals surface area (Å²) >= 11 is 0. The zero-order valence-electron chi connectivity index (χ0n) is 35.7. The van der Waals surface area contributed by atoms with Crippen molar-refractivity contribution in [2.45, 2.75) is 133 Å². The van der Waals surface area contributed by atoms with E-state index in [1.165, 1.54) is 42.5 Å². The fourth-order valence-electron chi connectivity index (χ4n) is 7.39. The average molecular weight is 903 g/mol. The van der Waals surface area contributed by atoms with Crippen LogP contribution in [0.3, 0.4) is 0 Å². The Balaban J connectivity index is 1.30. The highest BCUT2D eigenvalue weighted by Gasteiger charge is 2.52. The molecule has 0 spiro atoms. The van der Waals surface area contributed by atoms with Gasteiger partial charge in [0, 0.05) is 11.6 Å². The van der Waals surface area contributed by atoms with Crippen LogP contribution in [0.1, 0.15) is 40.5 Å². The molecule has 0 unspecified atom stereocenters. The minimum Gasteiger partial charge on any atom is -0.508 e. The number of phenolic OH excluding ortho intramolecular Hbond substituents is 1. The van der Waals surface area contributed by atoms with Crippen LogP contribution in [0.15, 0.2) is 88.3 Å². The third kappa shape index (κ3) is 10.5. The molecule has 352 valence electrons. The summed E-state index contributed by atoms with van der Waals surface area (Å²) in [5.74, 6) is -0.629. The van der Waals surface area contributed by atoms with E-state index in [0.29, 0.717) is 12.0 Å². The molecular weight excluding hydrogens is 844 g/mol. The van der Waals surface area contributed by atoms with Gasteiger partial charge in [-0.25, -0.2) is 0 Å². The number of allylic oxidation sites excluding steroid dienone is 3. The summed E-state index contributed by atoms with van der Waals surface area (Å²) in [7, 11) is 0. The molecule has 10 N–H and O–H groups in total. The molecule has 3 aromatic rings. The number of fused-ring (bicyclic) bond motifs is 1. The Morgan fingerprint density at radius 2 is 1.42 bits per heavy atom. The molecule has 0 amide bonds. The lowest BCUT2D eigenvalue weighted by atomic mass is 9.88. The minimum atomic E-state index is -1.95. The van der Waals surface area contributed by atoms with Crippen molar-refractivity contribution in [3.8, 4) is 28.6 Å². The van der Waals surface area contributed by atoms with E-state index in [-0.39, 0.29) is 45.0 Å². The quantitative estimate of drug-likeness (QED) is 0.0542. The Bertz CT molecular complexity index is 2170. The van der Waals surface area contributed by atoms with Crippen LogP contribution in [0.5, 0.6) is 17.2 Å². The standard InChI is InChI=1S/C45H58O19/c1-7-45(5,6)16-8-9-20(2)21(3)57-39-30(49)22(4)58-43(37(39)56)59-25-14-15-26-27(17-25)60-38(23-10-12-24(48)13-11-23)40(31(26)50)63-44-41(35(54)33(52)29(19-47)62-44)64-42-36(55)34(53)32(51)28(18-46)61-42/h7,9-15,17,22,28-30,32-37,39,41-44,46-49,51-56H,1,3,8,16,18-19H2,2,4-6H3/b20-9+/t22-,28+,29+,30-,32+,33+,34-,35-,36+,37+,39+,41+,42-,43-,44-/m0/s1. The van der Waals surface area contributed by atoms with E-state index in [1.54, 1.807) is 6.92 Å². The Kier molecular flexibility index (Phi) is 15.6. The SMILES string of the molecule is C=CC(C)(C)CC/C=C(\C)C(=C)O[C@@H]1[C@@H](O)[C@H](C)O[C@@H](Oc2ccc3c(=O)c(O[C@@H]4O[C@H](CO)[C@@H](O)[C@H](O)[C@H]4O[C@@H]4O[C@H](CO)[C@@H](O)[C@H](O)[C@H]4O)c(-c4ccc(O)cc4)oc3c2)[C@@H]1O. The summed E-state index contributed by atoms with van der Waals surface area (Å²) in [6, 6.07) is 9.46. The molecule has 0 saturated carbocycles. The molecule has 0 aliphatic carbocycles. The van der Waals surface area contributed by atoms with Crippen molar-refractivity contribution in [2.24, 2.45) is 5.41 Å². The lowest BCUT2D eigenvalue weighted by Gasteiger charge is -2.45. The summed E-state index contributed by atoms with van der Waals surface area (Å²) in [6.45, 7) is 13.8. The predicted octanol–water partition coefficient (Wildman–Crippen LogP) is 0.852. The highest BCUT2D eigenvalue weighted by atomic mass is 16.8. The molecule has 19 nitrogen and oxygen atoms in total. The lowest BCUT2D eigenvalue weighted by molar-refractivity contribution is -0.358. The first-order chi connectivity index (χ1) is 30.3. The number of benzene rings is 2. The molecule has 15 atom stereocenters. The van der Waals surface area contributed by atoms with Gasteiger partial charge < -0.3 is 88.6 Å². The van der Waals surface area contributed by atoms with Gasteiger partial charge in [-0.2, -0.15) is 0 Å². The van der Waals surface area contributed by atoms with Crippen LogP contribution in [0, 0.1) is 5.41 Å². The molecule has 3 fully saturated rings. The average Bonchev–Trinajstić information content (AvgIpc) is 3.27. The Hall–Kier alpha value is -4.45. The molecule has 0 radical (unpaired) electrons. The second-order valence-electron chi connectivity index (χ2n) is 16.8. The first-order valence-electron chi connectivity index (χ1n) is 20.8. The third-order valence-electron chi connectivity index (χ3n) is 11.7. The van der Waals surface area contributed by atoms with E-state index < -0.39 is 117 Å². The topological polar surface area (TPSA) is 297 Å². The molecule has 2 aromatic carbocycles. The molecule has 4 heterocycles. The maximum atomic E-state index is 14.4. The lowest BCUT2D eigenvalue weighted by Crippen LogP contribution is -2.65. The Morgan fingerprint density at radius 1 is 0.781 bits per heavy atom. The van der Waals surface area contributed by atoms with Gasteiger partial charge in [0.25, 0.3) is 0 Å². The van der Waals surface area contributed by atoms with Crippen molar-refractivity contribution in [1.29, 1.82) is 0 Å². The maximum absolute atomic E-state index is 14.4. The third-order valence-corrected chi connectivity index (χ3v) is 11.7. The largest absolute Gasteiger partial charge is 0.508 e. The predicted molar refractivity (Wildman–Crippen MR) is 225 cm³/mol. The van der Waals surface area contributed by atoms with E-state index in [4.69, 9.17) is 37.6 Å². The van der Waals surface area contributed by atoms with E-state index >= 15 is 0 Å². The van der Waals surface area contributed by atoms with Crippen molar-refractivity contribution in [2.75, 3.05) is 13.2 Å². The van der Waals surface area contributed by atoms with Gasteiger partial charge in [0.05, 0.1) is 24.7 Å². The van der Waals surface area contributed by atoms with Crippen LogP contribution in [-0.2, 0) is 23.7 Å². The normalized spacial score (nSPS) is 33.7. The van der Waals surface area contributed by atoms with Crippen LogP contribution in [0.25, 0.3) is 22.3 Å². The molecule has 3 saturated heterocycles. The van der Waals surface area contributed by atoms with Gasteiger partial charge in [0.2, 0.25) is 23.8 Å². The van der Waals surface area contributed by atoms with Crippen LogP contribution < -0.4 is 14.9 Å². The highest BCUT2D eigenvalue weighted by molar-refractivity contribution is 5.83. The van der Waals surface area contributed by atoms with E-state index in [0.717, 1.165) is 6.42 Å². The van der Waals surface area contributed by atoms with Gasteiger partial charge in [0.1, 0.15) is 71.7 Å². The zero-order chi connectivity index (χ0) is 46.8. The summed E-state index contributed by atoms with van der Waals surface area (Å²) < 4.78 is 47.3. The summed E-state index contributed by atoms with van der Waals surface area (Å²) in [5, 5.41) is 105. The second-order valence-corrected chi connectivity index (χ2v) is 16.8. The van der Waals surface area contributed by atoms with Gasteiger partial charge in [-0.3, -0.25) is 4.79 Å². The van der Waals surface area contributed by atoms with Crippen molar-refractivity contribution in [3.05, 3.63) is 89.3 Å². The number of hydrogen-bond acceptors (Lipinski definition) is 19. The van der Waals surface area contributed by atoms with E-state index in [9.17, 15) is 55.9 Å². The molecular formula is C45H58O19. The molecule has 0 bridgehead atoms. The van der Waals surface area contributed by atoms with E-state index in [2.05, 4.69) is 27.0 Å². The smallest absolute Gasteiger partial charge is 0.235 e. The van der Waals surface area contributed by atoms with E-state index in [1.807, 2.05) is 19.1 Å². The molecule has 19 heteroatoms. The minimum absolute atomic E-state index is 0.0543. The van der Waals surface area contributed by atoms with Gasteiger partial charge >= 0.3 is 0 Å². The first-order valence-corrected chi connectivity index (χ1v) is 20.8. The number of aliphatic hydroxyl groups excluding tert-OH is 9. The Labute approximate surface area is 368 Å². The monoisotopic (exact) mass is 902 g/mol. The van der Waals surface area contributed by atoms with Crippen LogP contribution in [-0.4, -0.2) is 156 Å². The number of hydrogen-bond donors (Lipinski definition) is 10. The van der Waals surface area contributed by atoms with Crippen LogP contribution in [0.2, 0.25) is 0 Å². The highest BCUT2D eigenvalue weighted by Crippen LogP contribution is 2.37. The Morgan fingerprint density at radius 3 is 2.06 bits per heavy atom. The number of ether oxygens (including phenoxy) is 7. The summed E-state index contributed by atoms with van der Waals surface area (Å²) in [6.07, 6.45) is -18.7. The molecule has 1 aromatic heterocycles. The van der Waals surface area contributed by atoms with Crippen molar-refractivity contribution < 1.29 is 88.6 Å². The fraction of sp³-hybridized carbons (Fsp3) is 0.533. The second kappa shape index (κ2) is 20.4. The van der Waals surface area contributed by atoms with Crippen LogP contribution >= 0.6 is 0 Å². The van der Waals surface area contributed by atoms with Crippen LogP contribution in [0.4, 0.5) is 0 Å². The fourth-order valence-corrected chi connectivity index (χ4v) is 7.39. The van der Waals surface area contributed by atoms with Gasteiger partial charge in [-0.05, 0) is 74.1 Å². The number of rotatable bonds is 16. The first kappa shape index (κ1) is 49.0. The summed E-state index contributed by atoms with van der Waals surface area (Å²) in [4.78, 5) is 14.4. The maximum Gasteiger partial charge on any atom is 0.235 e. The van der Waals surface area contributed by atoms with Gasteiger partial charge in [-0.15, -0.1) is 6.58 Å². The summed E-state index contributed by atoms with van der Waals surface area (Å²) in [5.41, 5.74) is -0.0710. The molecule has 6 rings (SSSR count). The number of phenols is 1. The molecule has 3 aliphatic rings. The number of aromatic hydroxyl groups is 1. The molecule has 64 heavy (non-hydrogen) atoms. The number of aliphatic hydroxyl groups is 9.